The summed E-state index contributed by atoms with van der Waals surface area (Å²) in [6, 6.07) is 1.17. The molecule has 0 aliphatic rings. The molecule has 15 heavy (non-hydrogen) atoms. The molecule has 0 bridgehead atoms. The zero-order valence-electron chi connectivity index (χ0n) is 8.27. The molecule has 0 aliphatic heterocycles. The molecule has 1 aromatic heterocycles. The molecule has 0 radical (unpaired) electrons. The Bertz CT molecular complexity index is 484. The van der Waals surface area contributed by atoms with E-state index in [1.54, 1.807) is 0 Å². The lowest BCUT2D eigenvalue weighted by molar-refractivity contribution is 0.0987. The van der Waals surface area contributed by atoms with E-state index in [2.05, 4.69) is 4.98 Å². The zero-order valence-corrected chi connectivity index (χ0v) is 9.08. The number of aromatic nitrogens is 1. The lowest BCUT2D eigenvalue weighted by atomic mass is 10.1. The third-order valence-corrected chi connectivity index (χ3v) is 3.55. The van der Waals surface area contributed by atoms with E-state index in [0.29, 0.717) is 0 Å². The van der Waals surface area contributed by atoms with Crippen LogP contribution in [0.1, 0.15) is 17.3 Å². The van der Waals surface area contributed by atoms with Crippen molar-refractivity contribution in [2.24, 2.45) is 0 Å². The van der Waals surface area contributed by atoms with Crippen LogP contribution in [-0.2, 0) is 9.84 Å². The van der Waals surface area contributed by atoms with Crippen molar-refractivity contribution in [3.8, 4) is 0 Å². The number of rotatable bonds is 3. The topological polar surface area (TPSA) is 64.1 Å². The summed E-state index contributed by atoms with van der Waals surface area (Å²) in [6.45, 7) is 1.23. The SMILES string of the molecule is CC(C(=O)c1ccncc1F)S(C)(=O)=O. The van der Waals surface area contributed by atoms with Crippen molar-refractivity contribution >= 4 is 15.6 Å². The highest BCUT2D eigenvalue weighted by Gasteiger charge is 2.26. The van der Waals surface area contributed by atoms with Crippen LogP contribution in [0.2, 0.25) is 0 Å². The number of carbonyl (C=O) groups is 1. The molecule has 0 saturated carbocycles. The van der Waals surface area contributed by atoms with Crippen molar-refractivity contribution in [2.75, 3.05) is 6.26 Å². The van der Waals surface area contributed by atoms with Crippen molar-refractivity contribution in [1.29, 1.82) is 0 Å². The molecule has 6 heteroatoms. The van der Waals surface area contributed by atoms with Crippen molar-refractivity contribution in [1.82, 2.24) is 4.98 Å². The Kier molecular flexibility index (Phi) is 3.18. The van der Waals surface area contributed by atoms with E-state index in [1.165, 1.54) is 19.2 Å². The van der Waals surface area contributed by atoms with Gasteiger partial charge in [0, 0.05) is 12.5 Å². The highest BCUT2D eigenvalue weighted by atomic mass is 32.2. The third-order valence-electron chi connectivity index (χ3n) is 2.05. The molecule has 0 aliphatic carbocycles. The predicted octanol–water partition coefficient (Wildman–Crippen LogP) is 0.837. The summed E-state index contributed by atoms with van der Waals surface area (Å²) in [4.78, 5) is 15.0. The van der Waals surface area contributed by atoms with Gasteiger partial charge in [-0.2, -0.15) is 0 Å². The van der Waals surface area contributed by atoms with Crippen LogP contribution in [0.3, 0.4) is 0 Å². The maximum absolute atomic E-state index is 13.1. The van der Waals surface area contributed by atoms with E-state index in [-0.39, 0.29) is 5.56 Å². The number of hydrogen-bond donors (Lipinski definition) is 0. The van der Waals surface area contributed by atoms with Gasteiger partial charge in [0.15, 0.2) is 21.4 Å². The first-order chi connectivity index (χ1) is 6.84. The average Bonchev–Trinajstić information content (AvgIpc) is 2.15. The van der Waals surface area contributed by atoms with Gasteiger partial charge in [-0.1, -0.05) is 0 Å². The van der Waals surface area contributed by atoms with Crippen LogP contribution < -0.4 is 0 Å². The van der Waals surface area contributed by atoms with E-state index < -0.39 is 26.7 Å². The van der Waals surface area contributed by atoms with Crippen molar-refractivity contribution < 1.29 is 17.6 Å². The van der Waals surface area contributed by atoms with Gasteiger partial charge in [-0.25, -0.2) is 12.8 Å². The molecule has 4 nitrogen and oxygen atoms in total. The molecule has 0 N–H and O–H groups in total. The summed E-state index contributed by atoms with van der Waals surface area (Å²) >= 11 is 0. The van der Waals surface area contributed by atoms with Crippen LogP contribution in [0.5, 0.6) is 0 Å². The minimum Gasteiger partial charge on any atom is -0.293 e. The van der Waals surface area contributed by atoms with Crippen molar-refractivity contribution in [3.05, 3.63) is 29.8 Å². The monoisotopic (exact) mass is 231 g/mol. The fourth-order valence-electron chi connectivity index (χ4n) is 0.988. The number of ketones is 1. The van der Waals surface area contributed by atoms with Gasteiger partial charge in [0.05, 0.1) is 11.8 Å². The average molecular weight is 231 g/mol. The molecule has 1 aromatic rings. The number of hydrogen-bond acceptors (Lipinski definition) is 4. The summed E-state index contributed by atoms with van der Waals surface area (Å²) in [5.74, 6) is -1.56. The zero-order chi connectivity index (χ0) is 11.6. The predicted molar refractivity (Wildman–Crippen MR) is 52.8 cm³/mol. The molecule has 0 saturated heterocycles. The van der Waals surface area contributed by atoms with E-state index >= 15 is 0 Å². The Labute approximate surface area is 87.1 Å². The Hall–Kier alpha value is -1.30. The van der Waals surface area contributed by atoms with Crippen LogP contribution in [0, 0.1) is 5.82 Å². The second-order valence-electron chi connectivity index (χ2n) is 3.19. The second kappa shape index (κ2) is 4.06. The van der Waals surface area contributed by atoms with Crippen LogP contribution >= 0.6 is 0 Å². The third kappa shape index (κ3) is 2.59. The number of carbonyl (C=O) groups excluding carboxylic acids is 1. The molecule has 0 fully saturated rings. The summed E-state index contributed by atoms with van der Waals surface area (Å²) in [5, 5.41) is -1.24. The highest BCUT2D eigenvalue weighted by molar-refractivity contribution is 7.92. The minimum atomic E-state index is -3.50. The van der Waals surface area contributed by atoms with Gasteiger partial charge in [0.2, 0.25) is 0 Å². The Morgan fingerprint density at radius 2 is 2.13 bits per heavy atom. The molecule has 0 amide bonds. The van der Waals surface area contributed by atoms with E-state index in [1.807, 2.05) is 0 Å². The first kappa shape index (κ1) is 11.8. The van der Waals surface area contributed by atoms with E-state index in [9.17, 15) is 17.6 Å². The van der Waals surface area contributed by atoms with Gasteiger partial charge in [0.25, 0.3) is 0 Å². The molecule has 1 unspecified atom stereocenters. The Balaban J connectivity index is 3.12. The quantitative estimate of drug-likeness (QED) is 0.723. The summed E-state index contributed by atoms with van der Waals surface area (Å²) in [6.07, 6.45) is 3.06. The van der Waals surface area contributed by atoms with Crippen molar-refractivity contribution in [2.45, 2.75) is 12.2 Å². The molecule has 0 aromatic carbocycles. The van der Waals surface area contributed by atoms with Crippen LogP contribution in [0.4, 0.5) is 4.39 Å². The highest BCUT2D eigenvalue weighted by Crippen LogP contribution is 2.11. The number of nitrogens with zero attached hydrogens (tertiary/aromatic N) is 1. The lowest BCUT2D eigenvalue weighted by Gasteiger charge is -2.08. The second-order valence-corrected chi connectivity index (χ2v) is 5.56. The fraction of sp³-hybridized carbons (Fsp3) is 0.333. The van der Waals surface area contributed by atoms with Gasteiger partial charge in [-0.05, 0) is 13.0 Å². The molecule has 0 spiro atoms. The van der Waals surface area contributed by atoms with Gasteiger partial charge in [0.1, 0.15) is 5.25 Å². The van der Waals surface area contributed by atoms with Gasteiger partial charge >= 0.3 is 0 Å². The standard InChI is InChI=1S/C9H10FNO3S/c1-6(15(2,13)14)9(12)7-3-4-11-5-8(7)10/h3-6H,1-2H3. The summed E-state index contributed by atoms with van der Waals surface area (Å²) in [7, 11) is -3.50. The number of halogens is 1. The van der Waals surface area contributed by atoms with Gasteiger partial charge < -0.3 is 0 Å². The van der Waals surface area contributed by atoms with Crippen molar-refractivity contribution in [3.63, 3.8) is 0 Å². The summed E-state index contributed by atoms with van der Waals surface area (Å²) < 4.78 is 35.3. The minimum absolute atomic E-state index is 0.247. The van der Waals surface area contributed by atoms with E-state index in [0.717, 1.165) is 12.5 Å². The smallest absolute Gasteiger partial charge is 0.183 e. The number of pyridine rings is 1. The maximum Gasteiger partial charge on any atom is 0.183 e. The Morgan fingerprint density at radius 1 is 1.53 bits per heavy atom. The number of Topliss-reactive ketones (excluding diaryl/α,β-unsaturated/α-hetero) is 1. The van der Waals surface area contributed by atoms with Crippen LogP contribution in [0.25, 0.3) is 0 Å². The molecular formula is C9H10FNO3S. The largest absolute Gasteiger partial charge is 0.293 e. The molecule has 82 valence electrons. The molecular weight excluding hydrogens is 221 g/mol. The van der Waals surface area contributed by atoms with Crippen LogP contribution in [-0.4, -0.2) is 30.7 Å². The van der Waals surface area contributed by atoms with Gasteiger partial charge in [-0.15, -0.1) is 0 Å². The first-order valence-corrected chi connectivity index (χ1v) is 6.12. The van der Waals surface area contributed by atoms with Crippen LogP contribution in [0.15, 0.2) is 18.5 Å². The Morgan fingerprint density at radius 3 is 2.60 bits per heavy atom. The molecule has 1 atom stereocenters. The normalized spacial score (nSPS) is 13.5. The molecule has 1 heterocycles. The number of sulfone groups is 1. The first-order valence-electron chi connectivity index (χ1n) is 4.16. The fourth-order valence-corrected chi connectivity index (χ4v) is 1.50. The van der Waals surface area contributed by atoms with Gasteiger partial charge in [-0.3, -0.25) is 9.78 Å². The molecule has 1 rings (SSSR count). The van der Waals surface area contributed by atoms with E-state index in [4.69, 9.17) is 0 Å². The summed E-state index contributed by atoms with van der Waals surface area (Å²) in [5.41, 5.74) is -0.247. The lowest BCUT2D eigenvalue weighted by Crippen LogP contribution is -2.27. The maximum atomic E-state index is 13.1.